The highest BCUT2D eigenvalue weighted by Crippen LogP contribution is 2.22. The number of carbonyl (C=O) groups excluding carboxylic acids is 1. The molecule has 0 radical (unpaired) electrons. The summed E-state index contributed by atoms with van der Waals surface area (Å²) in [5.41, 5.74) is 0. The summed E-state index contributed by atoms with van der Waals surface area (Å²) >= 11 is 0. The van der Waals surface area contributed by atoms with Crippen molar-refractivity contribution in [2.75, 3.05) is 47.4 Å². The average Bonchev–Trinajstić information content (AvgIpc) is 2.53. The fraction of sp³-hybridized carbons (Fsp3) is 0.875. The minimum absolute atomic E-state index is 0.00987. The molecule has 6 heteroatoms. The molecule has 1 aliphatic carbocycles. The molecule has 6 nitrogen and oxygen atoms in total. The molecule has 0 unspecified atom stereocenters. The van der Waals surface area contributed by atoms with E-state index in [2.05, 4.69) is 15.6 Å². The van der Waals surface area contributed by atoms with Gasteiger partial charge in [-0.15, -0.1) is 0 Å². The summed E-state index contributed by atoms with van der Waals surface area (Å²) < 4.78 is 5.05. The van der Waals surface area contributed by atoms with Crippen molar-refractivity contribution in [1.82, 2.24) is 15.5 Å². The van der Waals surface area contributed by atoms with Gasteiger partial charge in [-0.05, 0) is 25.2 Å². The normalized spacial score (nSPS) is 16.4. The van der Waals surface area contributed by atoms with Crippen molar-refractivity contribution in [2.45, 2.75) is 38.5 Å². The number of guanidine groups is 1. The number of likely N-dealkylation sites (N-methyl/N-ethyl adjacent to an activating group) is 1. The smallest absolute Gasteiger partial charge is 0.243 e. The van der Waals surface area contributed by atoms with Gasteiger partial charge in [0.2, 0.25) is 5.91 Å². The maximum atomic E-state index is 11.7. The second-order valence-electron chi connectivity index (χ2n) is 6.11. The molecule has 0 heterocycles. The molecule has 1 amide bonds. The largest absolute Gasteiger partial charge is 0.385 e. The van der Waals surface area contributed by atoms with Gasteiger partial charge in [0.1, 0.15) is 6.54 Å². The average molecular weight is 312 g/mol. The van der Waals surface area contributed by atoms with Crippen LogP contribution in [0, 0.1) is 5.92 Å². The number of hydrogen-bond donors (Lipinski definition) is 2. The Morgan fingerprint density at radius 2 is 1.95 bits per heavy atom. The first-order valence-electron chi connectivity index (χ1n) is 8.34. The lowest BCUT2D eigenvalue weighted by atomic mass is 9.89. The summed E-state index contributed by atoms with van der Waals surface area (Å²) in [7, 11) is 5.20. The first kappa shape index (κ1) is 18.7. The van der Waals surface area contributed by atoms with E-state index in [1.54, 1.807) is 26.1 Å². The number of aliphatic imine (C=N–C) groups is 1. The van der Waals surface area contributed by atoms with E-state index < -0.39 is 0 Å². The molecule has 22 heavy (non-hydrogen) atoms. The number of carbonyl (C=O) groups is 1. The van der Waals surface area contributed by atoms with E-state index in [-0.39, 0.29) is 12.5 Å². The Labute approximate surface area is 134 Å². The van der Waals surface area contributed by atoms with E-state index in [0.29, 0.717) is 0 Å². The summed E-state index contributed by atoms with van der Waals surface area (Å²) in [6.45, 7) is 2.63. The monoisotopic (exact) mass is 312 g/mol. The molecule has 0 atom stereocenters. The molecule has 0 spiro atoms. The zero-order valence-corrected chi connectivity index (χ0v) is 14.4. The topological polar surface area (TPSA) is 66.0 Å². The number of rotatable bonds is 8. The predicted molar refractivity (Wildman–Crippen MR) is 90.1 cm³/mol. The summed E-state index contributed by atoms with van der Waals surface area (Å²) in [4.78, 5) is 17.6. The van der Waals surface area contributed by atoms with Crippen LogP contribution in [-0.2, 0) is 9.53 Å². The van der Waals surface area contributed by atoms with Crippen molar-refractivity contribution in [3.05, 3.63) is 0 Å². The van der Waals surface area contributed by atoms with Crippen molar-refractivity contribution in [3.63, 3.8) is 0 Å². The minimum atomic E-state index is 0.00987. The SMILES string of the molecule is COCCCNC(=NCC(=O)N(C)C)NCC1CCCCC1. The van der Waals surface area contributed by atoms with Gasteiger partial charge in [-0.1, -0.05) is 19.3 Å². The van der Waals surface area contributed by atoms with E-state index >= 15 is 0 Å². The fourth-order valence-electron chi connectivity index (χ4n) is 2.52. The van der Waals surface area contributed by atoms with E-state index in [9.17, 15) is 4.79 Å². The maximum absolute atomic E-state index is 11.7. The van der Waals surface area contributed by atoms with Crippen LogP contribution in [0.3, 0.4) is 0 Å². The second-order valence-corrected chi connectivity index (χ2v) is 6.11. The van der Waals surface area contributed by atoms with Crippen LogP contribution in [-0.4, -0.2) is 64.2 Å². The number of methoxy groups -OCH3 is 1. The van der Waals surface area contributed by atoms with Crippen LogP contribution in [0.2, 0.25) is 0 Å². The molecule has 1 aliphatic rings. The van der Waals surface area contributed by atoms with Gasteiger partial charge in [0.05, 0.1) is 0 Å². The number of nitrogens with zero attached hydrogens (tertiary/aromatic N) is 2. The third-order valence-electron chi connectivity index (χ3n) is 3.97. The lowest BCUT2D eigenvalue weighted by molar-refractivity contribution is -0.127. The van der Waals surface area contributed by atoms with Gasteiger partial charge in [0.15, 0.2) is 5.96 Å². The molecular weight excluding hydrogens is 280 g/mol. The van der Waals surface area contributed by atoms with Crippen molar-refractivity contribution in [2.24, 2.45) is 10.9 Å². The van der Waals surface area contributed by atoms with Gasteiger partial charge in [-0.2, -0.15) is 0 Å². The number of amides is 1. The van der Waals surface area contributed by atoms with E-state index in [4.69, 9.17) is 4.74 Å². The Morgan fingerprint density at radius 1 is 1.23 bits per heavy atom. The van der Waals surface area contributed by atoms with Crippen LogP contribution in [0.5, 0.6) is 0 Å². The number of ether oxygens (including phenoxy) is 1. The molecule has 0 aliphatic heterocycles. The van der Waals surface area contributed by atoms with E-state index in [1.807, 2.05) is 0 Å². The summed E-state index contributed by atoms with van der Waals surface area (Å²) in [5, 5.41) is 6.66. The maximum Gasteiger partial charge on any atom is 0.243 e. The summed E-state index contributed by atoms with van der Waals surface area (Å²) in [6.07, 6.45) is 7.53. The Bertz CT molecular complexity index is 339. The molecule has 0 aromatic carbocycles. The molecule has 1 saturated carbocycles. The van der Waals surface area contributed by atoms with Gasteiger partial charge >= 0.3 is 0 Å². The summed E-state index contributed by atoms with van der Waals surface area (Å²) in [6, 6.07) is 0. The van der Waals surface area contributed by atoms with Crippen LogP contribution in [0.4, 0.5) is 0 Å². The van der Waals surface area contributed by atoms with E-state index in [1.165, 1.54) is 32.1 Å². The zero-order chi connectivity index (χ0) is 16.2. The van der Waals surface area contributed by atoms with Gasteiger partial charge in [0.25, 0.3) is 0 Å². The number of hydrogen-bond acceptors (Lipinski definition) is 3. The highest BCUT2D eigenvalue weighted by molar-refractivity contribution is 5.84. The standard InChI is InChI=1S/C16H32N4O2/c1-20(2)15(21)13-19-16(17-10-7-11-22-3)18-12-14-8-5-4-6-9-14/h14H,4-13H2,1-3H3,(H2,17,18,19). The van der Waals surface area contributed by atoms with Crippen molar-refractivity contribution in [3.8, 4) is 0 Å². The van der Waals surface area contributed by atoms with Gasteiger partial charge in [0, 0.05) is 40.9 Å². The summed E-state index contributed by atoms with van der Waals surface area (Å²) in [5.74, 6) is 1.47. The van der Waals surface area contributed by atoms with Crippen molar-refractivity contribution >= 4 is 11.9 Å². The fourth-order valence-corrected chi connectivity index (χ4v) is 2.52. The van der Waals surface area contributed by atoms with Gasteiger partial charge < -0.3 is 20.3 Å². The van der Waals surface area contributed by atoms with Gasteiger partial charge in [-0.25, -0.2) is 4.99 Å². The predicted octanol–water partition coefficient (Wildman–Crippen LogP) is 1.23. The molecule has 0 aromatic rings. The quantitative estimate of drug-likeness (QED) is 0.402. The molecule has 128 valence electrons. The highest BCUT2D eigenvalue weighted by atomic mass is 16.5. The third kappa shape index (κ3) is 8.22. The molecule has 1 rings (SSSR count). The lowest BCUT2D eigenvalue weighted by Gasteiger charge is -2.23. The van der Waals surface area contributed by atoms with Crippen LogP contribution >= 0.6 is 0 Å². The van der Waals surface area contributed by atoms with E-state index in [0.717, 1.165) is 38.0 Å². The third-order valence-corrected chi connectivity index (χ3v) is 3.97. The van der Waals surface area contributed by atoms with Crippen molar-refractivity contribution in [1.29, 1.82) is 0 Å². The first-order chi connectivity index (χ1) is 10.6. The molecule has 0 bridgehead atoms. The Hall–Kier alpha value is -1.30. The van der Waals surface area contributed by atoms with Crippen LogP contribution in [0.15, 0.2) is 4.99 Å². The minimum Gasteiger partial charge on any atom is -0.385 e. The molecule has 1 fully saturated rings. The van der Waals surface area contributed by atoms with Crippen molar-refractivity contribution < 1.29 is 9.53 Å². The zero-order valence-electron chi connectivity index (χ0n) is 14.4. The molecule has 0 aromatic heterocycles. The van der Waals surface area contributed by atoms with Gasteiger partial charge in [-0.3, -0.25) is 4.79 Å². The Kier molecular flexibility index (Phi) is 9.62. The lowest BCUT2D eigenvalue weighted by Crippen LogP contribution is -2.41. The first-order valence-corrected chi connectivity index (χ1v) is 8.34. The Morgan fingerprint density at radius 3 is 2.59 bits per heavy atom. The number of nitrogens with one attached hydrogen (secondary N) is 2. The molecule has 2 N–H and O–H groups in total. The van der Waals surface area contributed by atoms with Crippen LogP contribution < -0.4 is 10.6 Å². The molecule has 0 saturated heterocycles. The van der Waals surface area contributed by atoms with Crippen LogP contribution in [0.1, 0.15) is 38.5 Å². The highest BCUT2D eigenvalue weighted by Gasteiger charge is 2.13. The molecular formula is C16H32N4O2. The van der Waals surface area contributed by atoms with Crippen LogP contribution in [0.25, 0.3) is 0 Å². The Balaban J connectivity index is 2.41. The second kappa shape index (κ2) is 11.3.